The Bertz CT molecular complexity index is 121. The first-order valence-electron chi connectivity index (χ1n) is 5.24. The van der Waals surface area contributed by atoms with Crippen LogP contribution in [0.5, 0.6) is 0 Å². The molecule has 0 amide bonds. The number of halogens is 2. The second kappa shape index (κ2) is 10.9. The molecule has 0 heterocycles. The van der Waals surface area contributed by atoms with Crippen LogP contribution in [0.1, 0.15) is 44.9 Å². The molecule has 0 spiro atoms. The molecule has 2 N–H and O–H groups in total. The Morgan fingerprint density at radius 3 is 1.86 bits per heavy atom. The molecule has 0 aliphatic rings. The van der Waals surface area contributed by atoms with Gasteiger partial charge in [-0.1, -0.05) is 77.3 Å². The van der Waals surface area contributed by atoms with Crippen LogP contribution in [0.3, 0.4) is 0 Å². The van der Waals surface area contributed by atoms with Crippen molar-refractivity contribution in [2.75, 3.05) is 4.43 Å². The Morgan fingerprint density at radius 2 is 1.36 bits per heavy atom. The molecule has 0 aromatic heterocycles. The van der Waals surface area contributed by atoms with E-state index in [-0.39, 0.29) is 3.92 Å². The molecule has 0 aromatic rings. The van der Waals surface area contributed by atoms with E-state index in [1.54, 1.807) is 0 Å². The number of unbranched alkanes of at least 4 members (excludes halogenated alkanes) is 5. The fraction of sp³-hybridized carbons (Fsp3) is 1.00. The molecule has 0 fully saturated rings. The van der Waals surface area contributed by atoms with Crippen molar-refractivity contribution in [3.8, 4) is 0 Å². The van der Waals surface area contributed by atoms with E-state index in [2.05, 4.69) is 45.2 Å². The van der Waals surface area contributed by atoms with Crippen molar-refractivity contribution >= 4 is 45.2 Å². The van der Waals surface area contributed by atoms with Gasteiger partial charge in [0.1, 0.15) is 0 Å². The Hall–Kier alpha value is 1.38. The highest BCUT2D eigenvalue weighted by atomic mass is 127. The molecule has 14 heavy (non-hydrogen) atoms. The van der Waals surface area contributed by atoms with Crippen molar-refractivity contribution in [2.45, 2.75) is 55.2 Å². The number of hydrogen-bond acceptors (Lipinski definition) is 2. The number of hydrogen-bond donors (Lipinski definition) is 2. The monoisotopic (exact) mass is 426 g/mol. The minimum absolute atomic E-state index is 0.00180. The SMILES string of the molecule is OC(O)C(I)CCCCCCCCI. The summed E-state index contributed by atoms with van der Waals surface area (Å²) in [7, 11) is 0. The van der Waals surface area contributed by atoms with Crippen LogP contribution in [-0.2, 0) is 0 Å². The van der Waals surface area contributed by atoms with E-state index in [0.717, 1.165) is 12.8 Å². The predicted molar refractivity (Wildman–Crippen MR) is 77.2 cm³/mol. The average Bonchev–Trinajstić information content (AvgIpc) is 2.16. The van der Waals surface area contributed by atoms with E-state index in [0.29, 0.717) is 0 Å². The third kappa shape index (κ3) is 9.92. The van der Waals surface area contributed by atoms with Crippen LogP contribution in [0.15, 0.2) is 0 Å². The second-order valence-corrected chi connectivity index (χ2v) is 6.21. The fourth-order valence-corrected chi connectivity index (χ4v) is 2.27. The van der Waals surface area contributed by atoms with Gasteiger partial charge in [-0.15, -0.1) is 0 Å². The molecule has 4 heteroatoms. The van der Waals surface area contributed by atoms with Crippen LogP contribution in [0.4, 0.5) is 0 Å². The Labute approximate surface area is 114 Å². The van der Waals surface area contributed by atoms with Crippen LogP contribution in [0, 0.1) is 0 Å². The van der Waals surface area contributed by atoms with Crippen molar-refractivity contribution in [3.05, 3.63) is 0 Å². The molecule has 0 saturated heterocycles. The number of rotatable bonds is 9. The van der Waals surface area contributed by atoms with Crippen molar-refractivity contribution in [1.82, 2.24) is 0 Å². The van der Waals surface area contributed by atoms with E-state index in [1.165, 1.54) is 36.5 Å². The zero-order valence-corrected chi connectivity index (χ0v) is 12.8. The van der Waals surface area contributed by atoms with Gasteiger partial charge < -0.3 is 10.2 Å². The Morgan fingerprint density at radius 1 is 0.857 bits per heavy atom. The summed E-state index contributed by atoms with van der Waals surface area (Å²) >= 11 is 4.52. The van der Waals surface area contributed by atoms with Crippen molar-refractivity contribution < 1.29 is 10.2 Å². The summed E-state index contributed by atoms with van der Waals surface area (Å²) in [5.41, 5.74) is 0. The zero-order valence-electron chi connectivity index (χ0n) is 8.46. The Kier molecular flexibility index (Phi) is 12.0. The maximum atomic E-state index is 8.84. The Balaban J connectivity index is 3.06. The molecule has 0 bridgehead atoms. The smallest absolute Gasteiger partial charge is 0.163 e. The van der Waals surface area contributed by atoms with Gasteiger partial charge in [-0.05, 0) is 17.3 Å². The van der Waals surface area contributed by atoms with Crippen LogP contribution >= 0.6 is 45.2 Å². The summed E-state index contributed by atoms with van der Waals surface area (Å²) in [6.07, 6.45) is 7.44. The van der Waals surface area contributed by atoms with Gasteiger partial charge in [0.05, 0.1) is 3.92 Å². The third-order valence-electron chi connectivity index (χ3n) is 2.19. The molecular weight excluding hydrogens is 406 g/mol. The van der Waals surface area contributed by atoms with Crippen LogP contribution < -0.4 is 0 Å². The third-order valence-corrected chi connectivity index (χ3v) is 4.22. The van der Waals surface area contributed by atoms with Gasteiger partial charge in [0.25, 0.3) is 0 Å². The molecule has 2 nitrogen and oxygen atoms in total. The van der Waals surface area contributed by atoms with Gasteiger partial charge in [0.2, 0.25) is 0 Å². The molecule has 0 aromatic carbocycles. The summed E-state index contributed by atoms with van der Waals surface area (Å²) in [5, 5.41) is 17.7. The highest BCUT2D eigenvalue weighted by Crippen LogP contribution is 2.15. The molecular formula is C10H20I2O2. The summed E-state index contributed by atoms with van der Waals surface area (Å²) < 4.78 is 1.27. The maximum Gasteiger partial charge on any atom is 0.163 e. The molecule has 0 radical (unpaired) electrons. The lowest BCUT2D eigenvalue weighted by atomic mass is 10.1. The van der Waals surface area contributed by atoms with Crippen molar-refractivity contribution in [2.24, 2.45) is 0 Å². The summed E-state index contributed by atoms with van der Waals surface area (Å²) in [4.78, 5) is 0. The van der Waals surface area contributed by atoms with Gasteiger partial charge in [-0.2, -0.15) is 0 Å². The molecule has 86 valence electrons. The van der Waals surface area contributed by atoms with Crippen LogP contribution in [0.25, 0.3) is 0 Å². The van der Waals surface area contributed by atoms with Gasteiger partial charge >= 0.3 is 0 Å². The van der Waals surface area contributed by atoms with Crippen molar-refractivity contribution in [3.63, 3.8) is 0 Å². The van der Waals surface area contributed by atoms with Gasteiger partial charge in [-0.3, -0.25) is 0 Å². The lowest BCUT2D eigenvalue weighted by Gasteiger charge is -2.10. The van der Waals surface area contributed by atoms with Crippen LogP contribution in [0.2, 0.25) is 0 Å². The van der Waals surface area contributed by atoms with Gasteiger partial charge in [-0.25, -0.2) is 0 Å². The fourth-order valence-electron chi connectivity index (χ4n) is 1.29. The lowest BCUT2D eigenvalue weighted by Crippen LogP contribution is -2.18. The zero-order chi connectivity index (χ0) is 10.8. The first-order chi connectivity index (χ1) is 6.68. The molecule has 0 rings (SSSR count). The quantitative estimate of drug-likeness (QED) is 0.257. The van der Waals surface area contributed by atoms with Crippen LogP contribution in [-0.4, -0.2) is 24.9 Å². The number of aliphatic hydroxyl groups is 2. The topological polar surface area (TPSA) is 40.5 Å². The standard InChI is InChI=1S/C10H20I2O2/c11-8-6-4-2-1-3-5-7-9(12)10(13)14/h9-10,13-14H,1-8H2. The van der Waals surface area contributed by atoms with Gasteiger partial charge in [0, 0.05) is 0 Å². The van der Waals surface area contributed by atoms with E-state index in [1.807, 2.05) is 0 Å². The largest absolute Gasteiger partial charge is 0.367 e. The average molecular weight is 426 g/mol. The molecule has 1 unspecified atom stereocenters. The first kappa shape index (κ1) is 15.4. The van der Waals surface area contributed by atoms with E-state index in [4.69, 9.17) is 10.2 Å². The first-order valence-corrected chi connectivity index (χ1v) is 8.01. The summed E-state index contributed by atoms with van der Waals surface area (Å²) in [5.74, 6) is 0. The summed E-state index contributed by atoms with van der Waals surface area (Å²) in [6, 6.07) is 0. The number of aliphatic hydroxyl groups excluding tert-OH is 1. The highest BCUT2D eigenvalue weighted by Gasteiger charge is 2.10. The predicted octanol–water partition coefficient (Wildman–Crippen LogP) is 3.27. The molecule has 0 aliphatic carbocycles. The van der Waals surface area contributed by atoms with Crippen molar-refractivity contribution in [1.29, 1.82) is 0 Å². The van der Waals surface area contributed by atoms with E-state index >= 15 is 0 Å². The minimum atomic E-state index is -1.14. The second-order valence-electron chi connectivity index (χ2n) is 3.53. The molecule has 1 atom stereocenters. The minimum Gasteiger partial charge on any atom is -0.367 e. The maximum absolute atomic E-state index is 8.84. The van der Waals surface area contributed by atoms with Gasteiger partial charge in [0.15, 0.2) is 6.29 Å². The normalized spacial score (nSPS) is 13.5. The highest BCUT2D eigenvalue weighted by molar-refractivity contribution is 14.1. The number of alkyl halides is 2. The van der Waals surface area contributed by atoms with E-state index in [9.17, 15) is 0 Å². The molecule has 0 aliphatic heterocycles. The van der Waals surface area contributed by atoms with E-state index < -0.39 is 6.29 Å². The lowest BCUT2D eigenvalue weighted by molar-refractivity contribution is -0.0379. The summed E-state index contributed by atoms with van der Waals surface area (Å²) in [6.45, 7) is 0. The molecule has 0 saturated carbocycles.